The lowest BCUT2D eigenvalue weighted by Gasteiger charge is -2.50. The molecule has 0 amide bonds. The summed E-state index contributed by atoms with van der Waals surface area (Å²) in [5, 5.41) is 0. The number of ketones is 1. The number of carbonyl (C=O) groups is 2. The van der Waals surface area contributed by atoms with Gasteiger partial charge in [0.15, 0.2) is 17.3 Å². The van der Waals surface area contributed by atoms with Gasteiger partial charge in [0.2, 0.25) is 5.75 Å². The normalized spacial score (nSPS) is 23.4. The molecule has 2 atom stereocenters. The van der Waals surface area contributed by atoms with Crippen molar-refractivity contribution >= 4 is 11.8 Å². The van der Waals surface area contributed by atoms with E-state index in [0.717, 1.165) is 24.1 Å². The zero-order chi connectivity index (χ0) is 20.6. The molecule has 1 aromatic carbocycles. The molecule has 154 valence electrons. The molecule has 2 unspecified atom stereocenters. The van der Waals surface area contributed by atoms with Gasteiger partial charge in [-0.2, -0.15) is 0 Å². The Morgan fingerprint density at radius 1 is 1.18 bits per heavy atom. The molecular weight excluding hydrogens is 362 g/mol. The number of fused-ring (bicyclic) bond motifs is 3. The molecule has 1 saturated heterocycles. The van der Waals surface area contributed by atoms with Crippen LogP contribution in [-0.4, -0.2) is 57.7 Å². The van der Waals surface area contributed by atoms with Crippen LogP contribution in [0, 0.1) is 11.3 Å². The van der Waals surface area contributed by atoms with Crippen molar-refractivity contribution in [3.05, 3.63) is 17.2 Å². The Bertz CT molecular complexity index is 788. The summed E-state index contributed by atoms with van der Waals surface area (Å²) in [5.74, 6) is 0.402. The van der Waals surface area contributed by atoms with E-state index in [1.54, 1.807) is 28.3 Å². The minimum Gasteiger partial charge on any atom is -0.493 e. The maximum absolute atomic E-state index is 13.3. The van der Waals surface area contributed by atoms with Gasteiger partial charge in [0.05, 0.1) is 34.0 Å². The molecule has 0 bridgehead atoms. The van der Waals surface area contributed by atoms with E-state index in [9.17, 15) is 9.59 Å². The average molecular weight is 391 g/mol. The molecule has 0 aromatic heterocycles. The molecule has 28 heavy (non-hydrogen) atoms. The van der Waals surface area contributed by atoms with Crippen LogP contribution in [0.1, 0.15) is 37.9 Å². The molecule has 2 aliphatic heterocycles. The van der Waals surface area contributed by atoms with Crippen LogP contribution in [-0.2, 0) is 20.7 Å². The molecule has 1 aromatic rings. The van der Waals surface area contributed by atoms with E-state index >= 15 is 0 Å². The van der Waals surface area contributed by atoms with Crippen LogP contribution in [0.3, 0.4) is 0 Å². The number of hydrogen-bond donors (Lipinski definition) is 0. The first-order valence-corrected chi connectivity index (χ1v) is 9.58. The van der Waals surface area contributed by atoms with E-state index < -0.39 is 17.3 Å². The zero-order valence-corrected chi connectivity index (χ0v) is 17.5. The number of rotatable bonds is 5. The van der Waals surface area contributed by atoms with Crippen molar-refractivity contribution < 1.29 is 28.5 Å². The predicted molar refractivity (Wildman–Crippen MR) is 103 cm³/mol. The lowest BCUT2D eigenvalue weighted by atomic mass is 9.66. The summed E-state index contributed by atoms with van der Waals surface area (Å²) < 4.78 is 21.9. The van der Waals surface area contributed by atoms with Gasteiger partial charge in [-0.05, 0) is 25.0 Å². The number of carbonyl (C=O) groups excluding carboxylic acids is 2. The monoisotopic (exact) mass is 391 g/mol. The van der Waals surface area contributed by atoms with Crippen molar-refractivity contribution in [3.8, 4) is 17.2 Å². The molecule has 0 spiro atoms. The number of piperidine rings is 1. The molecule has 0 N–H and O–H groups in total. The van der Waals surface area contributed by atoms with Crippen LogP contribution in [0.25, 0.3) is 0 Å². The van der Waals surface area contributed by atoms with Crippen molar-refractivity contribution in [2.45, 2.75) is 33.2 Å². The van der Waals surface area contributed by atoms with Crippen LogP contribution in [0.5, 0.6) is 17.2 Å². The molecule has 3 rings (SSSR count). The van der Waals surface area contributed by atoms with E-state index in [1.807, 2.05) is 19.9 Å². The fourth-order valence-electron chi connectivity index (χ4n) is 4.65. The van der Waals surface area contributed by atoms with Crippen molar-refractivity contribution in [1.29, 1.82) is 0 Å². The second-order valence-corrected chi connectivity index (χ2v) is 7.76. The van der Waals surface area contributed by atoms with E-state index in [4.69, 9.17) is 18.9 Å². The third-order valence-electron chi connectivity index (χ3n) is 5.88. The number of esters is 1. The highest BCUT2D eigenvalue weighted by atomic mass is 16.5. The Morgan fingerprint density at radius 2 is 1.86 bits per heavy atom. The number of Topliss-reactive ketones (excluding diaryl/α,β-unsaturated/α-hetero) is 1. The van der Waals surface area contributed by atoms with Gasteiger partial charge in [-0.15, -0.1) is 0 Å². The second-order valence-electron chi connectivity index (χ2n) is 7.76. The van der Waals surface area contributed by atoms with Gasteiger partial charge in [-0.1, -0.05) is 13.8 Å². The van der Waals surface area contributed by atoms with Gasteiger partial charge in [0.1, 0.15) is 5.92 Å². The number of nitrogens with zero attached hydrogens (tertiary/aromatic N) is 1. The van der Waals surface area contributed by atoms with E-state index in [2.05, 4.69) is 4.90 Å². The third kappa shape index (κ3) is 3.02. The Hall–Kier alpha value is -2.28. The summed E-state index contributed by atoms with van der Waals surface area (Å²) in [6.45, 7) is 6.89. The zero-order valence-electron chi connectivity index (χ0n) is 17.5. The van der Waals surface area contributed by atoms with Crippen LogP contribution >= 0.6 is 0 Å². The first-order valence-electron chi connectivity index (χ1n) is 9.58. The van der Waals surface area contributed by atoms with Gasteiger partial charge in [0, 0.05) is 24.1 Å². The SMILES string of the molecule is CCOC(=O)C1CN2CCc3cc(OC)c(OC)c(OC)c3C2C(C)(C)C1=O. The Balaban J connectivity index is 2.13. The molecule has 0 radical (unpaired) electrons. The standard InChI is InChI=1S/C21H29NO6/c1-7-28-20(24)13-11-22-9-8-12-10-14(25-4)16(26-5)17(27-6)15(12)18(22)21(2,3)19(13)23/h10,13,18H,7-9,11H2,1-6H3. The van der Waals surface area contributed by atoms with Crippen molar-refractivity contribution in [2.75, 3.05) is 41.0 Å². The molecule has 0 aliphatic carbocycles. The lowest BCUT2D eigenvalue weighted by molar-refractivity contribution is -0.162. The Morgan fingerprint density at radius 3 is 2.43 bits per heavy atom. The van der Waals surface area contributed by atoms with Gasteiger partial charge in [-0.3, -0.25) is 14.5 Å². The average Bonchev–Trinajstić information content (AvgIpc) is 2.68. The first kappa shape index (κ1) is 20.5. The smallest absolute Gasteiger partial charge is 0.317 e. The number of methoxy groups -OCH3 is 3. The summed E-state index contributed by atoms with van der Waals surface area (Å²) in [6.07, 6.45) is 0.766. The summed E-state index contributed by atoms with van der Waals surface area (Å²) in [6, 6.07) is 1.75. The Kier molecular flexibility index (Phi) is 5.57. The molecule has 7 heteroatoms. The minimum absolute atomic E-state index is 0.100. The van der Waals surface area contributed by atoms with Crippen molar-refractivity contribution in [3.63, 3.8) is 0 Å². The molecular formula is C21H29NO6. The largest absolute Gasteiger partial charge is 0.493 e. The van der Waals surface area contributed by atoms with Gasteiger partial charge < -0.3 is 18.9 Å². The maximum atomic E-state index is 13.3. The Labute approximate surface area is 165 Å². The highest BCUT2D eigenvalue weighted by Gasteiger charge is 2.54. The molecule has 2 heterocycles. The topological polar surface area (TPSA) is 74.3 Å². The van der Waals surface area contributed by atoms with Gasteiger partial charge >= 0.3 is 5.97 Å². The molecule has 1 fully saturated rings. The summed E-state index contributed by atoms with van der Waals surface area (Å²) in [4.78, 5) is 27.9. The number of ether oxygens (including phenoxy) is 4. The third-order valence-corrected chi connectivity index (χ3v) is 5.88. The van der Waals surface area contributed by atoms with E-state index in [1.165, 1.54) is 0 Å². The minimum atomic E-state index is -0.794. The summed E-state index contributed by atoms with van der Waals surface area (Å²) >= 11 is 0. The summed E-state index contributed by atoms with van der Waals surface area (Å²) in [5.41, 5.74) is 1.22. The van der Waals surface area contributed by atoms with Crippen molar-refractivity contribution in [2.24, 2.45) is 11.3 Å². The van der Waals surface area contributed by atoms with Gasteiger partial charge in [0.25, 0.3) is 0 Å². The van der Waals surface area contributed by atoms with Crippen LogP contribution in [0.2, 0.25) is 0 Å². The number of benzene rings is 1. The lowest BCUT2D eigenvalue weighted by Crippen LogP contribution is -2.57. The first-order chi connectivity index (χ1) is 13.3. The van der Waals surface area contributed by atoms with Crippen LogP contribution < -0.4 is 14.2 Å². The molecule has 7 nitrogen and oxygen atoms in total. The molecule has 2 aliphatic rings. The predicted octanol–water partition coefficient (Wildman–Crippen LogP) is 2.40. The van der Waals surface area contributed by atoms with Crippen molar-refractivity contribution in [1.82, 2.24) is 4.90 Å². The van der Waals surface area contributed by atoms with Gasteiger partial charge in [-0.25, -0.2) is 0 Å². The van der Waals surface area contributed by atoms with E-state index in [0.29, 0.717) is 23.8 Å². The van der Waals surface area contributed by atoms with E-state index in [-0.39, 0.29) is 18.4 Å². The maximum Gasteiger partial charge on any atom is 0.317 e. The fraction of sp³-hybridized carbons (Fsp3) is 0.619. The van der Waals surface area contributed by atoms with Crippen LogP contribution in [0.15, 0.2) is 6.07 Å². The number of hydrogen-bond acceptors (Lipinski definition) is 7. The highest BCUT2D eigenvalue weighted by Crippen LogP contribution is 2.54. The fourth-order valence-corrected chi connectivity index (χ4v) is 4.65. The second kappa shape index (κ2) is 7.62. The van der Waals surface area contributed by atoms with Crippen LogP contribution in [0.4, 0.5) is 0 Å². The molecule has 0 saturated carbocycles. The highest BCUT2D eigenvalue weighted by molar-refractivity contribution is 6.03. The summed E-state index contributed by atoms with van der Waals surface area (Å²) in [7, 11) is 4.76. The quantitative estimate of drug-likeness (QED) is 0.564.